The molecule has 0 aliphatic carbocycles. The first kappa shape index (κ1) is 39.8. The van der Waals surface area contributed by atoms with E-state index in [0.29, 0.717) is 13.2 Å². The van der Waals surface area contributed by atoms with E-state index < -0.39 is 15.8 Å². The van der Waals surface area contributed by atoms with Gasteiger partial charge in [-0.15, -0.1) is 0 Å². The van der Waals surface area contributed by atoms with E-state index in [1.807, 2.05) is 0 Å². The van der Waals surface area contributed by atoms with E-state index in [0.717, 1.165) is 23.0 Å². The maximum Gasteiger partial charge on any atom is 0.139 e. The van der Waals surface area contributed by atoms with E-state index in [1.54, 1.807) is 0 Å². The molecule has 0 bridgehead atoms. The van der Waals surface area contributed by atoms with Crippen LogP contribution in [-0.2, 0) is 16.2 Å². The Morgan fingerprint density at radius 2 is 0.839 bits per heavy atom. The number of benzene rings is 6. The average molecular weight is 779 g/mol. The normalized spacial score (nSPS) is 14.5. The molecule has 288 valence electrons. The van der Waals surface area contributed by atoms with Crippen LogP contribution in [0, 0.1) is 0 Å². The number of hydrogen-bond donors (Lipinski definition) is 0. The highest BCUT2D eigenvalue weighted by atomic mass is 31.1. The van der Waals surface area contributed by atoms with Gasteiger partial charge in [-0.2, -0.15) is 0 Å². The van der Waals surface area contributed by atoms with Gasteiger partial charge < -0.3 is 14.2 Å². The van der Waals surface area contributed by atoms with Crippen LogP contribution in [0.15, 0.2) is 133 Å². The van der Waals surface area contributed by atoms with Crippen LogP contribution in [0.5, 0.6) is 23.0 Å². The summed E-state index contributed by atoms with van der Waals surface area (Å²) in [5, 5.41) is 7.33. The Bertz CT molecular complexity index is 2150. The van der Waals surface area contributed by atoms with Crippen LogP contribution in [0.1, 0.15) is 91.5 Å². The summed E-state index contributed by atoms with van der Waals surface area (Å²) in [5.74, 6) is 3.77. The van der Waals surface area contributed by atoms with Crippen LogP contribution in [-0.4, -0.2) is 13.2 Å². The first-order valence-corrected chi connectivity index (χ1v) is 22.6. The molecule has 0 saturated heterocycles. The average Bonchev–Trinajstić information content (AvgIpc) is 3.17. The van der Waals surface area contributed by atoms with E-state index in [-0.39, 0.29) is 16.2 Å². The van der Waals surface area contributed by atoms with Gasteiger partial charge in [0.15, 0.2) is 0 Å². The van der Waals surface area contributed by atoms with Gasteiger partial charge in [0.2, 0.25) is 0 Å². The summed E-state index contributed by atoms with van der Waals surface area (Å²) in [6.07, 6.45) is 0. The lowest BCUT2D eigenvalue weighted by Gasteiger charge is -2.41. The Balaban J connectivity index is 1.59. The molecule has 1 aliphatic rings. The molecular formula is C51H56O3P2. The van der Waals surface area contributed by atoms with Crippen molar-refractivity contribution in [2.45, 2.75) is 85.5 Å². The van der Waals surface area contributed by atoms with E-state index >= 15 is 0 Å². The number of fused-ring (bicyclic) bond motifs is 2. The quantitative estimate of drug-likeness (QED) is 0.130. The Morgan fingerprint density at radius 1 is 0.482 bits per heavy atom. The lowest BCUT2D eigenvalue weighted by atomic mass is 9.72. The number of ether oxygens (including phenoxy) is 3. The molecule has 0 amide bonds. The smallest absolute Gasteiger partial charge is 0.139 e. The predicted molar refractivity (Wildman–Crippen MR) is 242 cm³/mol. The van der Waals surface area contributed by atoms with Crippen molar-refractivity contribution in [1.29, 1.82) is 0 Å². The van der Waals surface area contributed by atoms with Gasteiger partial charge in [0, 0.05) is 37.8 Å². The first-order valence-electron chi connectivity index (χ1n) is 19.9. The SMILES string of the molecule is CCOc1ccccc1[P@](c1ccccc1)c1cc(C(C)(C)C)cc2c1Oc1c([P@@](c3ccccc3)c3ccccc3OCC)cc(C(C)(C)C)cc1C2(C)C. The maximum atomic E-state index is 7.71. The van der Waals surface area contributed by atoms with E-state index in [9.17, 15) is 0 Å². The van der Waals surface area contributed by atoms with E-state index in [4.69, 9.17) is 14.2 Å². The molecule has 6 aromatic carbocycles. The minimum atomic E-state index is -1.10. The van der Waals surface area contributed by atoms with Gasteiger partial charge in [-0.25, -0.2) is 0 Å². The summed E-state index contributed by atoms with van der Waals surface area (Å²) in [7, 11) is -2.20. The lowest BCUT2D eigenvalue weighted by molar-refractivity contribution is 0.343. The molecular weight excluding hydrogens is 723 g/mol. The first-order chi connectivity index (χ1) is 26.7. The fraction of sp³-hybridized carbons (Fsp3) is 0.294. The van der Waals surface area contributed by atoms with Crippen molar-refractivity contribution in [3.8, 4) is 23.0 Å². The van der Waals surface area contributed by atoms with Crippen LogP contribution in [0.2, 0.25) is 0 Å². The predicted octanol–water partition coefficient (Wildman–Crippen LogP) is 11.0. The highest BCUT2D eigenvalue weighted by molar-refractivity contribution is 7.80. The molecule has 0 N–H and O–H groups in total. The van der Waals surface area contributed by atoms with Gasteiger partial charge in [-0.05, 0) is 86.5 Å². The molecule has 0 radical (unpaired) electrons. The third kappa shape index (κ3) is 7.66. The lowest BCUT2D eigenvalue weighted by Crippen LogP contribution is -2.35. The van der Waals surface area contributed by atoms with Gasteiger partial charge >= 0.3 is 0 Å². The van der Waals surface area contributed by atoms with Crippen molar-refractivity contribution in [2.24, 2.45) is 0 Å². The van der Waals surface area contributed by atoms with Crippen molar-refractivity contribution in [1.82, 2.24) is 0 Å². The van der Waals surface area contributed by atoms with Crippen molar-refractivity contribution < 1.29 is 14.2 Å². The zero-order valence-corrected chi connectivity index (χ0v) is 36.5. The Kier molecular flexibility index (Phi) is 11.3. The van der Waals surface area contributed by atoms with Crippen molar-refractivity contribution in [3.05, 3.63) is 156 Å². The van der Waals surface area contributed by atoms with Crippen molar-refractivity contribution in [3.63, 3.8) is 0 Å². The summed E-state index contributed by atoms with van der Waals surface area (Å²) >= 11 is 0. The third-order valence-corrected chi connectivity index (χ3v) is 15.7. The van der Waals surface area contributed by atoms with Gasteiger partial charge in [-0.3, -0.25) is 0 Å². The molecule has 1 heterocycles. The number of hydrogen-bond acceptors (Lipinski definition) is 3. The Hall–Kier alpha value is -4.42. The van der Waals surface area contributed by atoms with Crippen molar-refractivity contribution in [2.75, 3.05) is 13.2 Å². The largest absolute Gasteiger partial charge is 0.493 e. The molecule has 1 aliphatic heterocycles. The van der Waals surface area contributed by atoms with Crippen LogP contribution < -0.4 is 46.0 Å². The van der Waals surface area contributed by atoms with E-state index in [1.165, 1.54) is 54.1 Å². The molecule has 6 aromatic rings. The molecule has 5 heteroatoms. The summed E-state index contributed by atoms with van der Waals surface area (Å²) in [4.78, 5) is 0. The second-order valence-electron chi connectivity index (χ2n) is 17.1. The van der Waals surface area contributed by atoms with Crippen LogP contribution in [0.4, 0.5) is 0 Å². The fourth-order valence-corrected chi connectivity index (χ4v) is 12.7. The molecule has 0 spiro atoms. The molecule has 56 heavy (non-hydrogen) atoms. The molecule has 3 nitrogen and oxygen atoms in total. The topological polar surface area (TPSA) is 27.7 Å². The second-order valence-corrected chi connectivity index (χ2v) is 21.4. The molecule has 0 aromatic heterocycles. The van der Waals surface area contributed by atoms with Gasteiger partial charge in [0.25, 0.3) is 0 Å². The van der Waals surface area contributed by atoms with Gasteiger partial charge in [0.1, 0.15) is 23.0 Å². The minimum absolute atomic E-state index is 0.0969. The zero-order valence-electron chi connectivity index (χ0n) is 34.7. The highest BCUT2D eigenvalue weighted by Crippen LogP contribution is 2.55. The molecule has 0 unspecified atom stereocenters. The monoisotopic (exact) mass is 778 g/mol. The van der Waals surface area contributed by atoms with Gasteiger partial charge in [0.05, 0.1) is 13.2 Å². The standard InChI is InChI=1S/C51H56O3P2/c1-11-52-41-27-19-21-29-43(41)55(37-23-15-13-16-24-37)45-33-35(49(3,4)5)31-39-47(45)54-48-40(51(39,9)10)32-36(50(6,7)8)34-46(48)56(38-25-17-14-18-26-38)44-30-22-20-28-42(44)53-12-2/h13-34H,11-12H2,1-10H3/t55-,56-/m0/s1. The number of para-hydroxylation sites is 2. The van der Waals surface area contributed by atoms with Crippen LogP contribution in [0.3, 0.4) is 0 Å². The molecule has 0 fully saturated rings. The van der Waals surface area contributed by atoms with Gasteiger partial charge in [-0.1, -0.05) is 165 Å². The Morgan fingerprint density at radius 3 is 1.20 bits per heavy atom. The summed E-state index contributed by atoms with van der Waals surface area (Å²) in [6.45, 7) is 24.0. The summed E-state index contributed by atoms with van der Waals surface area (Å²) in [5.41, 5.74) is 4.46. The molecule has 2 atom stereocenters. The van der Waals surface area contributed by atoms with E-state index in [2.05, 4.69) is 203 Å². The third-order valence-electron chi connectivity index (χ3n) is 10.7. The summed E-state index contributed by atoms with van der Waals surface area (Å²) < 4.78 is 20.5. The molecule has 7 rings (SSSR count). The van der Waals surface area contributed by atoms with Crippen LogP contribution >= 0.6 is 15.8 Å². The fourth-order valence-electron chi connectivity index (χ4n) is 7.62. The molecule has 0 saturated carbocycles. The van der Waals surface area contributed by atoms with Crippen LogP contribution in [0.25, 0.3) is 0 Å². The second kappa shape index (κ2) is 15.8. The Labute approximate surface area is 338 Å². The van der Waals surface area contributed by atoms with Crippen molar-refractivity contribution >= 4 is 47.7 Å². The summed E-state index contributed by atoms with van der Waals surface area (Å²) in [6, 6.07) is 48.8. The highest BCUT2D eigenvalue weighted by Gasteiger charge is 2.42. The minimum Gasteiger partial charge on any atom is -0.493 e. The zero-order chi connectivity index (χ0) is 39.8. The maximum absolute atomic E-state index is 7.71. The number of rotatable bonds is 10.